The number of aliphatic hydroxyl groups excluding tert-OH is 2. The molecule has 0 saturated carbocycles. The summed E-state index contributed by atoms with van der Waals surface area (Å²) < 4.78 is 29.7. The molecule has 8 N–H and O–H groups in total. The monoisotopic (exact) mass is 660 g/mol. The van der Waals surface area contributed by atoms with Gasteiger partial charge in [0, 0.05) is 48.4 Å². The first-order valence-corrected chi connectivity index (χ1v) is 16.3. The molecule has 0 amide bonds. The second-order valence-corrected chi connectivity index (χ2v) is 12.9. The molecule has 0 bridgehead atoms. The summed E-state index contributed by atoms with van der Waals surface area (Å²) in [5.41, 5.74) is 18.2. The quantitative estimate of drug-likeness (QED) is 0.186. The molecule has 4 aliphatic rings. The molecular weight excluding hydrogens is 622 g/mol. The molecule has 12 nitrogen and oxygen atoms in total. The van der Waals surface area contributed by atoms with E-state index in [0.29, 0.717) is 98.6 Å². The average molecular weight is 661 g/mol. The number of nitrogens with zero attached hydrogens (tertiary/aromatic N) is 4. The SMILES string of the molecule is Nc1c2c(nn1C(=O)[C@@H]1CCNc3ccc(F)cc31)C[C@@H](O)CC2.Nc1c2c(nn1C(=O)[C@H]1CCNc3ccc(F)cc31)C[C@@H](O)CC2. The number of carbonyl (C=O) groups is 2. The van der Waals surface area contributed by atoms with Crippen molar-refractivity contribution in [2.45, 2.75) is 75.4 Å². The molecule has 0 spiro atoms. The molecule has 252 valence electrons. The molecule has 4 atom stereocenters. The lowest BCUT2D eigenvalue weighted by atomic mass is 9.90. The Balaban J connectivity index is 0.000000152. The molecular formula is C34H38F2N8O4. The number of aliphatic hydroxyl groups is 2. The van der Waals surface area contributed by atoms with Crippen LogP contribution in [0.25, 0.3) is 0 Å². The van der Waals surface area contributed by atoms with Crippen LogP contribution in [0.5, 0.6) is 0 Å². The van der Waals surface area contributed by atoms with Crippen LogP contribution in [0.2, 0.25) is 0 Å². The van der Waals surface area contributed by atoms with Crippen LogP contribution in [0, 0.1) is 11.6 Å². The molecule has 48 heavy (non-hydrogen) atoms. The van der Waals surface area contributed by atoms with Crippen LogP contribution in [0.1, 0.15) is 80.7 Å². The van der Waals surface area contributed by atoms with E-state index < -0.39 is 24.0 Å². The predicted molar refractivity (Wildman–Crippen MR) is 175 cm³/mol. The molecule has 0 fully saturated rings. The van der Waals surface area contributed by atoms with Gasteiger partial charge in [0.2, 0.25) is 0 Å². The van der Waals surface area contributed by atoms with E-state index in [1.165, 1.54) is 33.6 Å². The van der Waals surface area contributed by atoms with Gasteiger partial charge in [-0.05, 0) is 86.1 Å². The molecule has 8 rings (SSSR count). The number of hydrogen-bond acceptors (Lipinski definition) is 10. The first-order chi connectivity index (χ1) is 23.1. The Morgan fingerprint density at radius 3 is 1.54 bits per heavy atom. The van der Waals surface area contributed by atoms with Crippen LogP contribution in [0.15, 0.2) is 36.4 Å². The second kappa shape index (κ2) is 12.7. The van der Waals surface area contributed by atoms with E-state index in [4.69, 9.17) is 11.5 Å². The Morgan fingerprint density at radius 1 is 0.708 bits per heavy atom. The van der Waals surface area contributed by atoms with Crippen molar-refractivity contribution >= 4 is 34.8 Å². The lowest BCUT2D eigenvalue weighted by molar-refractivity contribution is 0.0850. The third-order valence-electron chi connectivity index (χ3n) is 9.81. The largest absolute Gasteiger partial charge is 0.393 e. The lowest BCUT2D eigenvalue weighted by Gasteiger charge is -2.25. The third kappa shape index (κ3) is 5.79. The number of benzene rings is 2. The first-order valence-electron chi connectivity index (χ1n) is 16.3. The zero-order valence-electron chi connectivity index (χ0n) is 26.3. The van der Waals surface area contributed by atoms with Gasteiger partial charge in [0.1, 0.15) is 23.3 Å². The van der Waals surface area contributed by atoms with E-state index in [2.05, 4.69) is 20.8 Å². The molecule has 0 radical (unpaired) electrons. The second-order valence-electron chi connectivity index (χ2n) is 12.9. The highest BCUT2D eigenvalue weighted by molar-refractivity contribution is 5.91. The van der Waals surface area contributed by atoms with Crippen LogP contribution in [-0.4, -0.2) is 66.9 Å². The average Bonchev–Trinajstić information content (AvgIpc) is 3.58. The van der Waals surface area contributed by atoms with Gasteiger partial charge in [0.25, 0.3) is 11.8 Å². The van der Waals surface area contributed by atoms with Gasteiger partial charge in [-0.1, -0.05) is 0 Å². The fraction of sp³-hybridized carbons (Fsp3) is 0.412. The Kier molecular flexibility index (Phi) is 8.37. The maximum Gasteiger partial charge on any atom is 0.256 e. The van der Waals surface area contributed by atoms with Crippen molar-refractivity contribution < 1.29 is 28.6 Å². The Hall–Kier alpha value is -4.82. The van der Waals surface area contributed by atoms with Gasteiger partial charge in [-0.3, -0.25) is 9.59 Å². The van der Waals surface area contributed by atoms with E-state index in [0.717, 1.165) is 22.5 Å². The number of carbonyl (C=O) groups excluding carboxylic acids is 2. The number of aromatic nitrogens is 4. The van der Waals surface area contributed by atoms with Gasteiger partial charge in [0.15, 0.2) is 0 Å². The smallest absolute Gasteiger partial charge is 0.256 e. The van der Waals surface area contributed by atoms with E-state index in [1.807, 2.05) is 0 Å². The summed E-state index contributed by atoms with van der Waals surface area (Å²) >= 11 is 0. The summed E-state index contributed by atoms with van der Waals surface area (Å²) in [4.78, 5) is 26.0. The highest BCUT2D eigenvalue weighted by atomic mass is 19.1. The van der Waals surface area contributed by atoms with Gasteiger partial charge in [0.05, 0.1) is 35.4 Å². The van der Waals surface area contributed by atoms with E-state index in [9.17, 15) is 28.6 Å². The summed E-state index contributed by atoms with van der Waals surface area (Å²) in [5.74, 6) is -1.50. The molecule has 0 saturated heterocycles. The molecule has 2 aliphatic heterocycles. The fourth-order valence-corrected chi connectivity index (χ4v) is 7.29. The van der Waals surface area contributed by atoms with Crippen molar-refractivity contribution in [2.75, 3.05) is 35.2 Å². The lowest BCUT2D eigenvalue weighted by Crippen LogP contribution is -2.28. The van der Waals surface area contributed by atoms with Gasteiger partial charge in [-0.25, -0.2) is 8.78 Å². The van der Waals surface area contributed by atoms with Crippen LogP contribution in [0.4, 0.5) is 31.8 Å². The molecule has 4 heterocycles. The topological polar surface area (TPSA) is 186 Å². The Bertz CT molecular complexity index is 1770. The van der Waals surface area contributed by atoms with Crippen molar-refractivity contribution in [3.63, 3.8) is 0 Å². The zero-order valence-corrected chi connectivity index (χ0v) is 26.3. The standard InChI is InChI=1S/2C17H19FN4O2/c2*18-9-1-4-14-13(7-9)11(5-6-20-14)17(24)22-16(19)12-3-2-10(23)8-15(12)21-22/h2*1,4,7,10-11,20,23H,2-3,5-6,8,19H2/t10-,11+;10-,11-/m00/s1. The number of nitrogens with one attached hydrogen (secondary N) is 2. The summed E-state index contributed by atoms with van der Waals surface area (Å²) in [6.07, 6.45) is 3.54. The molecule has 2 aromatic heterocycles. The van der Waals surface area contributed by atoms with Crippen LogP contribution in [0.3, 0.4) is 0 Å². The normalized spacial score (nSPS) is 22.4. The molecule has 4 aromatic rings. The van der Waals surface area contributed by atoms with Crippen molar-refractivity contribution in [2.24, 2.45) is 0 Å². The number of rotatable bonds is 2. The fourth-order valence-electron chi connectivity index (χ4n) is 7.29. The van der Waals surface area contributed by atoms with Crippen molar-refractivity contribution in [3.8, 4) is 0 Å². The minimum atomic E-state index is -0.481. The number of anilines is 4. The summed E-state index contributed by atoms with van der Waals surface area (Å²) in [5, 5.41) is 34.6. The van der Waals surface area contributed by atoms with Gasteiger partial charge >= 0.3 is 0 Å². The van der Waals surface area contributed by atoms with Gasteiger partial charge < -0.3 is 32.3 Å². The highest BCUT2D eigenvalue weighted by Gasteiger charge is 2.34. The number of fused-ring (bicyclic) bond motifs is 4. The minimum absolute atomic E-state index is 0.246. The van der Waals surface area contributed by atoms with Crippen LogP contribution >= 0.6 is 0 Å². The summed E-state index contributed by atoms with van der Waals surface area (Å²) in [6, 6.07) is 8.85. The van der Waals surface area contributed by atoms with E-state index in [1.54, 1.807) is 12.1 Å². The Labute approximate surface area is 275 Å². The summed E-state index contributed by atoms with van der Waals surface area (Å²) in [7, 11) is 0. The predicted octanol–water partition coefficient (Wildman–Crippen LogP) is 3.39. The molecule has 14 heteroatoms. The first kappa shape index (κ1) is 31.8. The van der Waals surface area contributed by atoms with Crippen molar-refractivity contribution in [3.05, 3.63) is 81.7 Å². The third-order valence-corrected chi connectivity index (χ3v) is 9.81. The van der Waals surface area contributed by atoms with Gasteiger partial charge in [-0.15, -0.1) is 0 Å². The zero-order chi connectivity index (χ0) is 33.7. The van der Waals surface area contributed by atoms with Gasteiger partial charge in [-0.2, -0.15) is 19.6 Å². The van der Waals surface area contributed by atoms with Crippen molar-refractivity contribution in [1.29, 1.82) is 0 Å². The summed E-state index contributed by atoms with van der Waals surface area (Å²) in [6.45, 7) is 1.27. The molecule has 2 aliphatic carbocycles. The molecule has 2 aromatic carbocycles. The van der Waals surface area contributed by atoms with Crippen LogP contribution < -0.4 is 22.1 Å². The highest BCUT2D eigenvalue weighted by Crippen LogP contribution is 2.37. The molecule has 0 unspecified atom stereocenters. The van der Waals surface area contributed by atoms with Crippen molar-refractivity contribution in [1.82, 2.24) is 19.6 Å². The van der Waals surface area contributed by atoms with E-state index in [-0.39, 0.29) is 23.4 Å². The number of halogens is 2. The number of nitrogen functional groups attached to an aromatic ring is 2. The van der Waals surface area contributed by atoms with E-state index >= 15 is 0 Å². The maximum atomic E-state index is 13.6. The van der Waals surface area contributed by atoms with Crippen LogP contribution in [-0.2, 0) is 25.7 Å². The number of hydrogen-bond donors (Lipinski definition) is 6. The Morgan fingerprint density at radius 2 is 1.12 bits per heavy atom. The minimum Gasteiger partial charge on any atom is -0.393 e. The number of nitrogens with two attached hydrogens (primary N) is 2. The maximum absolute atomic E-state index is 13.6.